The predicted octanol–water partition coefficient (Wildman–Crippen LogP) is 5.62. The Morgan fingerprint density at radius 1 is 1.37 bits per heavy atom. The second-order valence-corrected chi connectivity index (χ2v) is 4.43. The molecule has 0 amide bonds. The Labute approximate surface area is 115 Å². The number of allylic oxidation sites excluding steroid dienone is 6. The van der Waals surface area contributed by atoms with Crippen LogP contribution in [-0.2, 0) is 0 Å². The summed E-state index contributed by atoms with van der Waals surface area (Å²) in [6.45, 7) is 14.0. The SMILES string of the molecule is C=CC(/C=C\C)=C(\CC)C(=C)c1ccc(F)cc1C. The van der Waals surface area contributed by atoms with Gasteiger partial charge in [0.1, 0.15) is 5.82 Å². The molecule has 0 aliphatic heterocycles. The molecule has 0 spiro atoms. The zero-order valence-corrected chi connectivity index (χ0v) is 12.0. The first-order valence-corrected chi connectivity index (χ1v) is 6.49. The van der Waals surface area contributed by atoms with E-state index >= 15 is 0 Å². The Morgan fingerprint density at radius 3 is 2.53 bits per heavy atom. The summed E-state index contributed by atoms with van der Waals surface area (Å²) < 4.78 is 13.2. The van der Waals surface area contributed by atoms with Gasteiger partial charge in [-0.2, -0.15) is 0 Å². The first kappa shape index (κ1) is 15.2. The highest BCUT2D eigenvalue weighted by Crippen LogP contribution is 2.29. The van der Waals surface area contributed by atoms with Crippen LogP contribution in [0.4, 0.5) is 4.39 Å². The molecule has 0 aromatic heterocycles. The summed E-state index contributed by atoms with van der Waals surface area (Å²) in [5, 5.41) is 0. The van der Waals surface area contributed by atoms with Crippen LogP contribution in [0.2, 0.25) is 0 Å². The Balaban J connectivity index is 3.33. The lowest BCUT2D eigenvalue weighted by molar-refractivity contribution is 0.626. The molecule has 1 aromatic rings. The van der Waals surface area contributed by atoms with Gasteiger partial charge in [0, 0.05) is 0 Å². The fourth-order valence-corrected chi connectivity index (χ4v) is 2.19. The third-order valence-corrected chi connectivity index (χ3v) is 3.15. The lowest BCUT2D eigenvalue weighted by Crippen LogP contribution is -1.95. The van der Waals surface area contributed by atoms with Crippen LogP contribution in [0.25, 0.3) is 5.57 Å². The third kappa shape index (κ3) is 3.54. The van der Waals surface area contributed by atoms with Crippen LogP contribution in [0.5, 0.6) is 0 Å². The van der Waals surface area contributed by atoms with Crippen molar-refractivity contribution >= 4 is 5.57 Å². The van der Waals surface area contributed by atoms with Crippen molar-refractivity contribution in [3.63, 3.8) is 0 Å². The fraction of sp³-hybridized carbons (Fsp3) is 0.222. The Kier molecular flexibility index (Phi) is 5.50. The van der Waals surface area contributed by atoms with Crippen LogP contribution in [-0.4, -0.2) is 0 Å². The molecule has 0 atom stereocenters. The summed E-state index contributed by atoms with van der Waals surface area (Å²) in [5.74, 6) is -0.214. The molecule has 0 radical (unpaired) electrons. The zero-order chi connectivity index (χ0) is 14.4. The summed E-state index contributed by atoms with van der Waals surface area (Å²) >= 11 is 0. The molecular weight excluding hydrogens is 235 g/mol. The van der Waals surface area contributed by atoms with Crippen LogP contribution < -0.4 is 0 Å². The summed E-state index contributed by atoms with van der Waals surface area (Å²) in [4.78, 5) is 0. The van der Waals surface area contributed by atoms with E-state index in [2.05, 4.69) is 20.1 Å². The lowest BCUT2D eigenvalue weighted by atomic mass is 9.90. The fourth-order valence-electron chi connectivity index (χ4n) is 2.19. The van der Waals surface area contributed by atoms with Gasteiger partial charge in [-0.3, -0.25) is 0 Å². The summed E-state index contributed by atoms with van der Waals surface area (Å²) in [7, 11) is 0. The van der Waals surface area contributed by atoms with Crippen molar-refractivity contribution in [3.05, 3.63) is 77.7 Å². The molecule has 0 saturated carbocycles. The van der Waals surface area contributed by atoms with Crippen LogP contribution in [0.1, 0.15) is 31.4 Å². The van der Waals surface area contributed by atoms with Crippen LogP contribution in [0.15, 0.2) is 60.7 Å². The van der Waals surface area contributed by atoms with Gasteiger partial charge in [0.05, 0.1) is 0 Å². The van der Waals surface area contributed by atoms with Crippen molar-refractivity contribution < 1.29 is 4.39 Å². The van der Waals surface area contributed by atoms with Crippen molar-refractivity contribution in [3.8, 4) is 0 Å². The molecule has 100 valence electrons. The standard InChI is InChI=1S/C18H21F/c1-6-9-15(7-2)17(8-3)14(5)18-11-10-16(19)12-13(18)4/h6-7,9-12H,2,5,8H2,1,3-4H3/b9-6-,17-15-. The van der Waals surface area contributed by atoms with Gasteiger partial charge in [-0.05, 0) is 60.2 Å². The van der Waals surface area contributed by atoms with Gasteiger partial charge in [-0.25, -0.2) is 4.39 Å². The van der Waals surface area contributed by atoms with Crippen LogP contribution in [0, 0.1) is 12.7 Å². The minimum absolute atomic E-state index is 0.214. The molecule has 0 bridgehead atoms. The quantitative estimate of drug-likeness (QED) is 0.600. The lowest BCUT2D eigenvalue weighted by Gasteiger charge is -2.14. The molecule has 0 N–H and O–H groups in total. The third-order valence-electron chi connectivity index (χ3n) is 3.15. The van der Waals surface area contributed by atoms with E-state index in [9.17, 15) is 4.39 Å². The first-order chi connectivity index (χ1) is 9.04. The van der Waals surface area contributed by atoms with Crippen LogP contribution in [0.3, 0.4) is 0 Å². The van der Waals surface area contributed by atoms with E-state index in [1.165, 1.54) is 12.1 Å². The first-order valence-electron chi connectivity index (χ1n) is 6.49. The maximum absolute atomic E-state index is 13.2. The Hall–Kier alpha value is -1.89. The monoisotopic (exact) mass is 256 g/mol. The van der Waals surface area contributed by atoms with E-state index in [0.717, 1.165) is 34.3 Å². The van der Waals surface area contributed by atoms with Crippen molar-refractivity contribution in [2.24, 2.45) is 0 Å². The summed E-state index contributed by atoms with van der Waals surface area (Å²) in [6, 6.07) is 4.81. The van der Waals surface area contributed by atoms with Crippen molar-refractivity contribution in [1.82, 2.24) is 0 Å². The summed E-state index contributed by atoms with van der Waals surface area (Å²) in [6.07, 6.45) is 6.71. The highest BCUT2D eigenvalue weighted by molar-refractivity contribution is 5.81. The van der Waals surface area contributed by atoms with Crippen molar-refractivity contribution in [1.29, 1.82) is 0 Å². The Morgan fingerprint density at radius 2 is 2.05 bits per heavy atom. The topological polar surface area (TPSA) is 0 Å². The highest BCUT2D eigenvalue weighted by atomic mass is 19.1. The number of benzene rings is 1. The predicted molar refractivity (Wildman–Crippen MR) is 82.5 cm³/mol. The number of hydrogen-bond donors (Lipinski definition) is 0. The van der Waals surface area contributed by atoms with Crippen molar-refractivity contribution in [2.75, 3.05) is 0 Å². The van der Waals surface area contributed by atoms with Gasteiger partial charge in [0.25, 0.3) is 0 Å². The average molecular weight is 256 g/mol. The molecular formula is C18H21F. The normalized spacial score (nSPS) is 12.4. The Bertz CT molecular complexity index is 545. The molecule has 19 heavy (non-hydrogen) atoms. The van der Waals surface area contributed by atoms with Gasteiger partial charge in [-0.15, -0.1) is 0 Å². The highest BCUT2D eigenvalue weighted by Gasteiger charge is 2.10. The molecule has 0 nitrogen and oxygen atoms in total. The molecule has 1 aromatic carbocycles. The van der Waals surface area contributed by atoms with E-state index in [-0.39, 0.29) is 5.82 Å². The molecule has 0 aliphatic rings. The summed E-state index contributed by atoms with van der Waals surface area (Å²) in [5.41, 5.74) is 5.04. The van der Waals surface area contributed by atoms with E-state index in [1.54, 1.807) is 6.07 Å². The van der Waals surface area contributed by atoms with Gasteiger partial charge in [0.15, 0.2) is 0 Å². The van der Waals surface area contributed by atoms with E-state index in [0.29, 0.717) is 0 Å². The molecule has 0 saturated heterocycles. The molecule has 1 rings (SSSR count). The molecule has 0 aliphatic carbocycles. The maximum Gasteiger partial charge on any atom is 0.123 e. The molecule has 0 heterocycles. The second kappa shape index (κ2) is 6.89. The largest absolute Gasteiger partial charge is 0.207 e. The number of aryl methyl sites for hydroxylation is 1. The number of rotatable bonds is 5. The maximum atomic E-state index is 13.2. The van der Waals surface area contributed by atoms with Crippen LogP contribution >= 0.6 is 0 Å². The minimum atomic E-state index is -0.214. The van der Waals surface area contributed by atoms with Gasteiger partial charge in [-0.1, -0.05) is 44.4 Å². The van der Waals surface area contributed by atoms with Gasteiger partial charge >= 0.3 is 0 Å². The van der Waals surface area contributed by atoms with E-state index in [1.807, 2.05) is 32.1 Å². The van der Waals surface area contributed by atoms with Gasteiger partial charge < -0.3 is 0 Å². The molecule has 0 fully saturated rings. The number of hydrogen-bond acceptors (Lipinski definition) is 0. The minimum Gasteiger partial charge on any atom is -0.207 e. The average Bonchev–Trinajstić information content (AvgIpc) is 2.38. The molecule has 1 heteroatoms. The zero-order valence-electron chi connectivity index (χ0n) is 12.0. The van der Waals surface area contributed by atoms with E-state index in [4.69, 9.17) is 0 Å². The molecule has 0 unspecified atom stereocenters. The van der Waals surface area contributed by atoms with E-state index < -0.39 is 0 Å². The number of halogens is 1. The smallest absolute Gasteiger partial charge is 0.123 e. The van der Waals surface area contributed by atoms with Crippen molar-refractivity contribution in [2.45, 2.75) is 27.2 Å². The van der Waals surface area contributed by atoms with Gasteiger partial charge in [0.2, 0.25) is 0 Å². The second-order valence-electron chi connectivity index (χ2n) is 4.43.